The van der Waals surface area contributed by atoms with Gasteiger partial charge in [-0.3, -0.25) is 0 Å². The molecule has 1 aromatic carbocycles. The highest BCUT2D eigenvalue weighted by molar-refractivity contribution is 9.10. The SMILES string of the molecule is CCc1cc(Br)c(OCCBr)c(C2(C)OCC(C)(C)CO2)c1. The van der Waals surface area contributed by atoms with Crippen molar-refractivity contribution >= 4 is 31.9 Å². The van der Waals surface area contributed by atoms with Crippen molar-refractivity contribution in [2.75, 3.05) is 25.2 Å². The Bertz CT molecular complexity index is 519. The largest absolute Gasteiger partial charge is 0.491 e. The fraction of sp³-hybridized carbons (Fsp3) is 0.647. The molecule has 1 fully saturated rings. The second-order valence-corrected chi connectivity index (χ2v) is 8.18. The maximum absolute atomic E-state index is 6.11. The summed E-state index contributed by atoms with van der Waals surface area (Å²) in [7, 11) is 0. The summed E-state index contributed by atoms with van der Waals surface area (Å²) < 4.78 is 19.1. The molecule has 2 rings (SSSR count). The Hall–Kier alpha value is -0.100. The van der Waals surface area contributed by atoms with Gasteiger partial charge in [0.05, 0.1) is 29.9 Å². The average molecular weight is 436 g/mol. The predicted octanol–water partition coefficient (Wildman–Crippen LogP) is 5.03. The summed E-state index contributed by atoms with van der Waals surface area (Å²) >= 11 is 7.04. The molecule has 0 radical (unpaired) electrons. The third-order valence-electron chi connectivity index (χ3n) is 3.80. The maximum atomic E-state index is 6.11. The lowest BCUT2D eigenvalue weighted by molar-refractivity contribution is -0.298. The first kappa shape index (κ1) is 18.2. The van der Waals surface area contributed by atoms with Crippen molar-refractivity contribution in [3.8, 4) is 5.75 Å². The zero-order valence-electron chi connectivity index (χ0n) is 13.7. The Balaban J connectivity index is 2.40. The third-order valence-corrected chi connectivity index (χ3v) is 4.71. The van der Waals surface area contributed by atoms with Gasteiger partial charge in [-0.1, -0.05) is 36.7 Å². The molecule has 0 aliphatic carbocycles. The molecule has 1 heterocycles. The third kappa shape index (κ3) is 4.05. The number of halogens is 2. The Morgan fingerprint density at radius 3 is 2.36 bits per heavy atom. The van der Waals surface area contributed by atoms with Gasteiger partial charge in [-0.15, -0.1) is 0 Å². The van der Waals surface area contributed by atoms with Crippen LogP contribution in [0.25, 0.3) is 0 Å². The molecular formula is C17H24Br2O3. The van der Waals surface area contributed by atoms with Crippen molar-refractivity contribution in [1.29, 1.82) is 0 Å². The predicted molar refractivity (Wildman–Crippen MR) is 95.8 cm³/mol. The molecule has 0 atom stereocenters. The summed E-state index contributed by atoms with van der Waals surface area (Å²) in [5.74, 6) is 0.0315. The summed E-state index contributed by atoms with van der Waals surface area (Å²) in [5.41, 5.74) is 2.22. The normalized spacial score (nSPS) is 19.9. The molecule has 0 unspecified atom stereocenters. The van der Waals surface area contributed by atoms with Gasteiger partial charge in [0.1, 0.15) is 5.75 Å². The van der Waals surface area contributed by atoms with E-state index in [1.54, 1.807) is 0 Å². The number of aryl methyl sites for hydroxylation is 1. The van der Waals surface area contributed by atoms with E-state index in [1.165, 1.54) is 5.56 Å². The van der Waals surface area contributed by atoms with E-state index in [0.29, 0.717) is 19.8 Å². The van der Waals surface area contributed by atoms with E-state index in [2.05, 4.69) is 64.8 Å². The lowest BCUT2D eigenvalue weighted by Crippen LogP contribution is -2.44. The Morgan fingerprint density at radius 2 is 1.82 bits per heavy atom. The molecule has 22 heavy (non-hydrogen) atoms. The van der Waals surface area contributed by atoms with E-state index >= 15 is 0 Å². The van der Waals surface area contributed by atoms with Crippen LogP contribution in [0, 0.1) is 5.41 Å². The fourth-order valence-electron chi connectivity index (χ4n) is 2.38. The summed E-state index contributed by atoms with van der Waals surface area (Å²) in [6, 6.07) is 4.23. The molecule has 1 aromatic rings. The Morgan fingerprint density at radius 1 is 1.18 bits per heavy atom. The maximum Gasteiger partial charge on any atom is 0.195 e. The molecule has 1 aliphatic heterocycles. The summed E-state index contributed by atoms with van der Waals surface area (Å²) in [6.45, 7) is 10.3. The molecule has 0 N–H and O–H groups in total. The van der Waals surface area contributed by atoms with E-state index < -0.39 is 5.79 Å². The monoisotopic (exact) mass is 434 g/mol. The molecule has 124 valence electrons. The lowest BCUT2D eigenvalue weighted by atomic mass is 9.93. The molecule has 0 amide bonds. The highest BCUT2D eigenvalue weighted by atomic mass is 79.9. The van der Waals surface area contributed by atoms with Crippen molar-refractivity contribution in [1.82, 2.24) is 0 Å². The second-order valence-electron chi connectivity index (χ2n) is 6.53. The van der Waals surface area contributed by atoms with Gasteiger partial charge in [-0.25, -0.2) is 0 Å². The molecule has 0 aromatic heterocycles. The van der Waals surface area contributed by atoms with Gasteiger partial charge < -0.3 is 14.2 Å². The van der Waals surface area contributed by atoms with Crippen LogP contribution in [0.15, 0.2) is 16.6 Å². The summed E-state index contributed by atoms with van der Waals surface area (Å²) in [6.07, 6.45) is 0.950. The molecule has 0 bridgehead atoms. The van der Waals surface area contributed by atoms with Crippen LogP contribution >= 0.6 is 31.9 Å². The number of ether oxygens (including phenoxy) is 3. The van der Waals surface area contributed by atoms with Crippen molar-refractivity contribution < 1.29 is 14.2 Å². The van der Waals surface area contributed by atoms with Crippen molar-refractivity contribution in [2.45, 2.75) is 39.9 Å². The van der Waals surface area contributed by atoms with Gasteiger partial charge in [0.2, 0.25) is 0 Å². The first-order chi connectivity index (χ1) is 10.3. The molecule has 1 aliphatic rings. The minimum Gasteiger partial charge on any atom is -0.491 e. The highest BCUT2D eigenvalue weighted by Crippen LogP contribution is 2.43. The number of hydrogen-bond donors (Lipinski definition) is 0. The first-order valence-electron chi connectivity index (χ1n) is 7.61. The average Bonchev–Trinajstić information content (AvgIpc) is 2.48. The van der Waals surface area contributed by atoms with Crippen molar-refractivity contribution in [3.05, 3.63) is 27.7 Å². The minimum absolute atomic E-state index is 0.0377. The Labute approximate surface area is 150 Å². The van der Waals surface area contributed by atoms with Gasteiger partial charge >= 0.3 is 0 Å². The van der Waals surface area contributed by atoms with E-state index in [1.807, 2.05) is 6.92 Å². The lowest BCUT2D eigenvalue weighted by Gasteiger charge is -2.42. The number of hydrogen-bond acceptors (Lipinski definition) is 3. The van der Waals surface area contributed by atoms with E-state index in [4.69, 9.17) is 14.2 Å². The van der Waals surface area contributed by atoms with E-state index in [-0.39, 0.29) is 5.41 Å². The number of benzene rings is 1. The zero-order chi connectivity index (χ0) is 16.4. The smallest absolute Gasteiger partial charge is 0.195 e. The fourth-order valence-corrected chi connectivity index (χ4v) is 3.17. The molecule has 5 heteroatoms. The summed E-state index contributed by atoms with van der Waals surface area (Å²) in [5, 5.41) is 0.778. The minimum atomic E-state index is -0.773. The summed E-state index contributed by atoms with van der Waals surface area (Å²) in [4.78, 5) is 0. The van der Waals surface area contributed by atoms with Crippen LogP contribution < -0.4 is 4.74 Å². The van der Waals surface area contributed by atoms with Crippen LogP contribution in [-0.4, -0.2) is 25.2 Å². The van der Waals surface area contributed by atoms with Crippen LogP contribution in [0.3, 0.4) is 0 Å². The van der Waals surface area contributed by atoms with Crippen molar-refractivity contribution in [2.24, 2.45) is 5.41 Å². The van der Waals surface area contributed by atoms with Gasteiger partial charge in [0, 0.05) is 10.7 Å². The van der Waals surface area contributed by atoms with Crippen LogP contribution in [0.4, 0.5) is 0 Å². The number of rotatable bonds is 5. The van der Waals surface area contributed by atoms with Gasteiger partial charge in [-0.05, 0) is 47.0 Å². The van der Waals surface area contributed by atoms with Crippen LogP contribution in [-0.2, 0) is 21.7 Å². The van der Waals surface area contributed by atoms with Gasteiger partial charge in [0.15, 0.2) is 5.79 Å². The molecule has 0 spiro atoms. The van der Waals surface area contributed by atoms with Crippen molar-refractivity contribution in [3.63, 3.8) is 0 Å². The number of alkyl halides is 1. The second kappa shape index (κ2) is 7.20. The molecular weight excluding hydrogens is 412 g/mol. The highest BCUT2D eigenvalue weighted by Gasteiger charge is 2.40. The Kier molecular flexibility index (Phi) is 5.97. The van der Waals surface area contributed by atoms with Gasteiger partial charge in [-0.2, -0.15) is 0 Å². The first-order valence-corrected chi connectivity index (χ1v) is 9.52. The van der Waals surface area contributed by atoms with Crippen LogP contribution in [0.1, 0.15) is 38.8 Å². The standard InChI is InChI=1S/C17H24Br2O3/c1-5-12-8-13(15(14(19)9-12)20-7-6-18)17(4)21-10-16(2,3)11-22-17/h8-9H,5-7,10-11H2,1-4H3. The molecule has 3 nitrogen and oxygen atoms in total. The quantitative estimate of drug-likeness (QED) is 0.607. The molecule has 1 saturated heterocycles. The topological polar surface area (TPSA) is 27.7 Å². The van der Waals surface area contributed by atoms with Crippen LogP contribution in [0.5, 0.6) is 5.75 Å². The van der Waals surface area contributed by atoms with E-state index in [0.717, 1.165) is 27.5 Å². The zero-order valence-corrected chi connectivity index (χ0v) is 16.8. The molecule has 0 saturated carbocycles. The van der Waals surface area contributed by atoms with Gasteiger partial charge in [0.25, 0.3) is 0 Å². The van der Waals surface area contributed by atoms with Crippen LogP contribution in [0.2, 0.25) is 0 Å². The van der Waals surface area contributed by atoms with E-state index in [9.17, 15) is 0 Å².